The molecule has 1 aliphatic heterocycles. The number of aryl methyl sites for hydroxylation is 2. The SMILES string of the molecule is CC(C)[C@H]1C(=O)N(C)CCCCN(C(=O)CCc2cnn(C)c2)CCCCOc2ccc(Cl)cc2C(=O)N1C. The zero-order chi connectivity index (χ0) is 28.5. The van der Waals surface area contributed by atoms with Crippen LogP contribution >= 0.6 is 11.6 Å². The predicted octanol–water partition coefficient (Wildman–Crippen LogP) is 4.04. The molecule has 214 valence electrons. The predicted molar refractivity (Wildman–Crippen MR) is 152 cm³/mol. The summed E-state index contributed by atoms with van der Waals surface area (Å²) < 4.78 is 7.76. The van der Waals surface area contributed by atoms with E-state index in [2.05, 4.69) is 5.10 Å². The van der Waals surface area contributed by atoms with E-state index < -0.39 is 6.04 Å². The van der Waals surface area contributed by atoms with Crippen molar-refractivity contribution in [2.45, 2.75) is 58.4 Å². The van der Waals surface area contributed by atoms with Gasteiger partial charge in [0.15, 0.2) is 0 Å². The van der Waals surface area contributed by atoms with Crippen LogP contribution in [0.25, 0.3) is 0 Å². The Bertz CT molecular complexity index is 1130. The number of likely N-dealkylation sites (N-methyl/N-ethyl adjacent to an activating group) is 2. The van der Waals surface area contributed by atoms with Gasteiger partial charge < -0.3 is 19.4 Å². The van der Waals surface area contributed by atoms with Crippen LogP contribution in [-0.2, 0) is 23.1 Å². The maximum atomic E-state index is 13.6. The monoisotopic (exact) mass is 559 g/mol. The van der Waals surface area contributed by atoms with E-state index in [9.17, 15) is 14.4 Å². The van der Waals surface area contributed by atoms with Gasteiger partial charge in [0.2, 0.25) is 11.8 Å². The van der Waals surface area contributed by atoms with Gasteiger partial charge in [0.05, 0.1) is 18.4 Å². The van der Waals surface area contributed by atoms with Crippen molar-refractivity contribution in [1.82, 2.24) is 24.5 Å². The summed E-state index contributed by atoms with van der Waals surface area (Å²) in [5, 5.41) is 4.61. The first-order chi connectivity index (χ1) is 18.6. The van der Waals surface area contributed by atoms with Crippen molar-refractivity contribution in [3.05, 3.63) is 46.7 Å². The van der Waals surface area contributed by atoms with E-state index in [0.717, 1.165) is 31.2 Å². The minimum absolute atomic E-state index is 0.0903. The lowest BCUT2D eigenvalue weighted by Gasteiger charge is -2.33. The maximum absolute atomic E-state index is 13.6. The second-order valence-corrected chi connectivity index (χ2v) is 11.1. The van der Waals surface area contributed by atoms with Gasteiger partial charge in [0, 0.05) is 58.4 Å². The fourth-order valence-electron chi connectivity index (χ4n) is 4.96. The van der Waals surface area contributed by atoms with Crippen LogP contribution in [0.3, 0.4) is 0 Å². The smallest absolute Gasteiger partial charge is 0.258 e. The highest BCUT2D eigenvalue weighted by Crippen LogP contribution is 2.26. The number of aromatic nitrogens is 2. The van der Waals surface area contributed by atoms with Crippen LogP contribution < -0.4 is 4.74 Å². The molecule has 39 heavy (non-hydrogen) atoms. The van der Waals surface area contributed by atoms with Gasteiger partial charge in [0.1, 0.15) is 11.8 Å². The Labute approximate surface area is 237 Å². The van der Waals surface area contributed by atoms with Crippen LogP contribution in [0.4, 0.5) is 0 Å². The van der Waals surface area contributed by atoms with Crippen LogP contribution in [0.1, 0.15) is 61.9 Å². The molecule has 1 aromatic carbocycles. The zero-order valence-corrected chi connectivity index (χ0v) is 24.6. The summed E-state index contributed by atoms with van der Waals surface area (Å²) in [6.45, 7) is 6.10. The topological polar surface area (TPSA) is 88.0 Å². The number of fused-ring (bicyclic) bond motifs is 1. The third-order valence-electron chi connectivity index (χ3n) is 7.16. The van der Waals surface area contributed by atoms with Gasteiger partial charge >= 0.3 is 0 Å². The van der Waals surface area contributed by atoms with Crippen molar-refractivity contribution >= 4 is 29.3 Å². The van der Waals surface area contributed by atoms with Crippen molar-refractivity contribution < 1.29 is 19.1 Å². The molecular weight excluding hydrogens is 518 g/mol. The van der Waals surface area contributed by atoms with E-state index in [1.807, 2.05) is 32.0 Å². The molecule has 10 heteroatoms. The highest BCUT2D eigenvalue weighted by atomic mass is 35.5. The second-order valence-electron chi connectivity index (χ2n) is 10.7. The van der Waals surface area contributed by atoms with Gasteiger partial charge in [-0.3, -0.25) is 19.1 Å². The summed E-state index contributed by atoms with van der Waals surface area (Å²) in [5.74, 6) is 0.0525. The summed E-state index contributed by atoms with van der Waals surface area (Å²) in [6.07, 6.45) is 7.88. The molecule has 2 heterocycles. The third kappa shape index (κ3) is 8.46. The van der Waals surface area contributed by atoms with Gasteiger partial charge in [-0.25, -0.2) is 0 Å². The molecule has 0 spiro atoms. The highest BCUT2D eigenvalue weighted by molar-refractivity contribution is 6.31. The molecule has 0 fully saturated rings. The van der Waals surface area contributed by atoms with Crippen LogP contribution in [0.15, 0.2) is 30.6 Å². The summed E-state index contributed by atoms with van der Waals surface area (Å²) in [4.78, 5) is 45.3. The molecule has 0 saturated heterocycles. The number of hydrogen-bond donors (Lipinski definition) is 0. The Morgan fingerprint density at radius 3 is 2.44 bits per heavy atom. The van der Waals surface area contributed by atoms with E-state index >= 15 is 0 Å². The van der Waals surface area contributed by atoms with Gasteiger partial charge in [-0.1, -0.05) is 25.4 Å². The van der Waals surface area contributed by atoms with E-state index in [4.69, 9.17) is 16.3 Å². The molecule has 0 unspecified atom stereocenters. The summed E-state index contributed by atoms with van der Waals surface area (Å²) >= 11 is 6.24. The Hall–Kier alpha value is -3.07. The fraction of sp³-hybridized carbons (Fsp3) is 0.586. The van der Waals surface area contributed by atoms with Crippen molar-refractivity contribution in [2.24, 2.45) is 13.0 Å². The lowest BCUT2D eigenvalue weighted by Crippen LogP contribution is -2.51. The van der Waals surface area contributed by atoms with Gasteiger partial charge in [-0.05, 0) is 61.8 Å². The average molecular weight is 560 g/mol. The zero-order valence-electron chi connectivity index (χ0n) is 23.9. The number of carbonyl (C=O) groups is 3. The minimum Gasteiger partial charge on any atom is -0.493 e. The van der Waals surface area contributed by atoms with E-state index in [1.54, 1.807) is 48.1 Å². The van der Waals surface area contributed by atoms with Crippen molar-refractivity contribution in [2.75, 3.05) is 40.3 Å². The molecular formula is C29H42ClN5O4. The number of nitrogens with zero attached hydrogens (tertiary/aromatic N) is 5. The maximum Gasteiger partial charge on any atom is 0.258 e. The molecule has 1 atom stereocenters. The standard InChI is InChI=1S/C29H42ClN5O4/c1-21(2)27-29(38)32(3)14-6-7-15-35(26(36)13-10-22-19-31-33(4)20-22)16-8-9-17-39-25-12-11-23(30)18-24(25)28(37)34(27)5/h11-12,18-21,27H,6-10,13-17H2,1-5H3/t27-/m0/s1. The van der Waals surface area contributed by atoms with Crippen molar-refractivity contribution in [3.63, 3.8) is 0 Å². The van der Waals surface area contributed by atoms with Crippen LogP contribution in [0, 0.1) is 5.92 Å². The van der Waals surface area contributed by atoms with Crippen molar-refractivity contribution in [3.8, 4) is 5.75 Å². The van der Waals surface area contributed by atoms with Gasteiger partial charge in [0.25, 0.3) is 5.91 Å². The molecule has 0 N–H and O–H groups in total. The quantitative estimate of drug-likeness (QED) is 0.564. The summed E-state index contributed by atoms with van der Waals surface area (Å²) in [7, 11) is 5.30. The minimum atomic E-state index is -0.629. The Balaban J connectivity index is 1.77. The molecule has 2 aromatic rings. The summed E-state index contributed by atoms with van der Waals surface area (Å²) in [5.41, 5.74) is 1.38. The van der Waals surface area contributed by atoms with E-state index in [1.165, 1.54) is 4.90 Å². The Morgan fingerprint density at radius 2 is 1.77 bits per heavy atom. The third-order valence-corrected chi connectivity index (χ3v) is 7.40. The molecule has 3 amide bonds. The number of hydrogen-bond acceptors (Lipinski definition) is 5. The first-order valence-electron chi connectivity index (χ1n) is 13.8. The van der Waals surface area contributed by atoms with Gasteiger partial charge in [-0.2, -0.15) is 5.10 Å². The van der Waals surface area contributed by atoms with Gasteiger partial charge in [-0.15, -0.1) is 0 Å². The van der Waals surface area contributed by atoms with Crippen LogP contribution in [0.2, 0.25) is 5.02 Å². The molecule has 0 bridgehead atoms. The molecule has 0 radical (unpaired) electrons. The molecule has 1 aliphatic rings. The first kappa shape index (κ1) is 30.5. The molecule has 9 nitrogen and oxygen atoms in total. The highest BCUT2D eigenvalue weighted by Gasteiger charge is 2.33. The Morgan fingerprint density at radius 1 is 1.08 bits per heavy atom. The number of rotatable bonds is 4. The molecule has 1 aromatic heterocycles. The first-order valence-corrected chi connectivity index (χ1v) is 14.2. The number of carbonyl (C=O) groups excluding carboxylic acids is 3. The van der Waals surface area contributed by atoms with Crippen molar-refractivity contribution in [1.29, 1.82) is 0 Å². The summed E-state index contributed by atoms with van der Waals surface area (Å²) in [6, 6.07) is 4.36. The average Bonchev–Trinajstić information content (AvgIpc) is 3.32. The lowest BCUT2D eigenvalue weighted by atomic mass is 10.00. The largest absolute Gasteiger partial charge is 0.493 e. The number of ether oxygens (including phenoxy) is 1. The van der Waals surface area contributed by atoms with E-state index in [0.29, 0.717) is 55.4 Å². The number of amides is 3. The van der Waals surface area contributed by atoms with E-state index in [-0.39, 0.29) is 23.6 Å². The van der Waals surface area contributed by atoms with Crippen LogP contribution in [-0.4, -0.2) is 88.6 Å². The fourth-order valence-corrected chi connectivity index (χ4v) is 5.13. The van der Waals surface area contributed by atoms with Crippen LogP contribution in [0.5, 0.6) is 5.75 Å². The molecule has 0 saturated carbocycles. The Kier molecular flexibility index (Phi) is 11.2. The molecule has 0 aliphatic carbocycles. The normalized spacial score (nSPS) is 18.6. The second kappa shape index (κ2) is 14.4. The number of halogens is 1. The lowest BCUT2D eigenvalue weighted by molar-refractivity contribution is -0.136. The molecule has 3 rings (SSSR count). The number of benzene rings is 1.